The Hall–Kier alpha value is -3.58. The van der Waals surface area contributed by atoms with Crippen molar-refractivity contribution < 1.29 is 14.3 Å². The number of thiocarbonyl (C=S) groups is 1. The first-order chi connectivity index (χ1) is 19.0. The van der Waals surface area contributed by atoms with Crippen LogP contribution in [0.15, 0.2) is 96.4 Å². The molecule has 5 rings (SSSR count). The lowest BCUT2D eigenvalue weighted by molar-refractivity contribution is -0.113. The molecule has 7 heteroatoms. The molecule has 1 saturated heterocycles. The van der Waals surface area contributed by atoms with Gasteiger partial charge >= 0.3 is 0 Å². The van der Waals surface area contributed by atoms with Crippen LogP contribution in [0.25, 0.3) is 16.8 Å². The van der Waals surface area contributed by atoms with E-state index in [0.717, 1.165) is 33.2 Å². The van der Waals surface area contributed by atoms with Crippen molar-refractivity contribution >= 4 is 68.3 Å². The number of carbonyl (C=O) groups excluding carboxylic acids is 1. The van der Waals surface area contributed by atoms with Gasteiger partial charge in [0.05, 0.1) is 17.2 Å². The summed E-state index contributed by atoms with van der Waals surface area (Å²) in [5.41, 5.74) is 3.52. The molecular weight excluding hydrogens is 546 g/mol. The number of thioether (sulfide) groups is 1. The zero-order valence-corrected chi connectivity index (χ0v) is 23.7. The van der Waals surface area contributed by atoms with Gasteiger partial charge in [0.2, 0.25) is 0 Å². The highest BCUT2D eigenvalue weighted by Gasteiger charge is 2.34. The molecule has 0 radical (unpaired) electrons. The maximum Gasteiger partial charge on any atom is 0.270 e. The Morgan fingerprint density at radius 3 is 2.56 bits per heavy atom. The number of hydrogen-bond donors (Lipinski definition) is 0. The molecule has 4 nitrogen and oxygen atoms in total. The number of ether oxygens (including phenoxy) is 2. The Bertz CT molecular complexity index is 1590. The highest BCUT2D eigenvalue weighted by atomic mass is 35.5. The molecule has 0 N–H and O–H groups in total. The number of allylic oxidation sites excluding steroid dienone is 1. The molecule has 0 aromatic heterocycles. The van der Waals surface area contributed by atoms with Crippen molar-refractivity contribution in [3.8, 4) is 11.5 Å². The number of amides is 1. The summed E-state index contributed by atoms with van der Waals surface area (Å²) < 4.78 is 12.7. The number of nitrogens with zero attached hydrogens (tertiary/aromatic N) is 1. The number of anilines is 1. The molecule has 0 atom stereocenters. The van der Waals surface area contributed by atoms with Crippen molar-refractivity contribution in [2.75, 3.05) is 11.5 Å². The van der Waals surface area contributed by atoms with Gasteiger partial charge in [0.25, 0.3) is 5.91 Å². The van der Waals surface area contributed by atoms with Crippen LogP contribution in [0.1, 0.15) is 23.6 Å². The monoisotopic (exact) mass is 571 g/mol. The summed E-state index contributed by atoms with van der Waals surface area (Å²) in [6.07, 6.45) is 4.27. The van der Waals surface area contributed by atoms with Crippen LogP contribution in [-0.4, -0.2) is 16.8 Å². The first-order valence-electron chi connectivity index (χ1n) is 12.5. The summed E-state index contributed by atoms with van der Waals surface area (Å²) in [7, 11) is 0. The third-order valence-corrected chi connectivity index (χ3v) is 7.77. The van der Waals surface area contributed by atoms with Crippen molar-refractivity contribution in [3.05, 3.63) is 118 Å². The van der Waals surface area contributed by atoms with Crippen LogP contribution >= 0.6 is 35.6 Å². The van der Waals surface area contributed by atoms with Crippen LogP contribution in [0.4, 0.5) is 5.69 Å². The largest absolute Gasteiger partial charge is 0.490 e. The van der Waals surface area contributed by atoms with Gasteiger partial charge in [-0.25, -0.2) is 0 Å². The van der Waals surface area contributed by atoms with Crippen molar-refractivity contribution in [3.63, 3.8) is 0 Å². The molecule has 1 fully saturated rings. The first kappa shape index (κ1) is 27.0. The minimum absolute atomic E-state index is 0.146. The van der Waals surface area contributed by atoms with E-state index in [1.807, 2.05) is 97.9 Å². The molecule has 0 spiro atoms. The molecule has 0 saturated carbocycles. The van der Waals surface area contributed by atoms with Gasteiger partial charge in [-0.15, -0.1) is 6.58 Å². The van der Waals surface area contributed by atoms with E-state index in [2.05, 4.69) is 6.58 Å². The van der Waals surface area contributed by atoms with Gasteiger partial charge in [0.15, 0.2) is 15.8 Å². The van der Waals surface area contributed by atoms with Gasteiger partial charge in [-0.3, -0.25) is 9.69 Å². The molecule has 1 amide bonds. The van der Waals surface area contributed by atoms with E-state index in [1.165, 1.54) is 11.8 Å². The normalized spacial score (nSPS) is 14.3. The smallest absolute Gasteiger partial charge is 0.270 e. The standard InChI is InChI=1S/C32H26ClNO3S2/c1-3-8-24-17-22(18-28(36-4-2)30(24)37-20-21-13-15-25(33)16-14-21)19-29-31(35)34(32(38)39-29)27-12-7-10-23-9-5-6-11-26(23)27/h3,5-7,9-19H,1,4,8,20H2,2H3/b29-19+. The van der Waals surface area contributed by atoms with Gasteiger partial charge in [-0.2, -0.15) is 0 Å². The molecule has 39 heavy (non-hydrogen) atoms. The third kappa shape index (κ3) is 5.88. The van der Waals surface area contributed by atoms with E-state index < -0.39 is 0 Å². The summed E-state index contributed by atoms with van der Waals surface area (Å²) in [5.74, 6) is 1.13. The van der Waals surface area contributed by atoms with Gasteiger partial charge in [0.1, 0.15) is 6.61 Å². The second kappa shape index (κ2) is 12.1. The van der Waals surface area contributed by atoms with Gasteiger partial charge < -0.3 is 9.47 Å². The van der Waals surface area contributed by atoms with E-state index in [-0.39, 0.29) is 5.91 Å². The summed E-state index contributed by atoms with van der Waals surface area (Å²) in [6.45, 7) is 6.68. The number of benzene rings is 4. The molecular formula is C32H26ClNO3S2. The van der Waals surface area contributed by atoms with E-state index in [0.29, 0.717) is 45.4 Å². The molecule has 4 aromatic rings. The molecule has 0 bridgehead atoms. The lowest BCUT2D eigenvalue weighted by Gasteiger charge is -2.17. The number of hydrogen-bond acceptors (Lipinski definition) is 5. The van der Waals surface area contributed by atoms with Crippen LogP contribution in [0.3, 0.4) is 0 Å². The predicted octanol–water partition coefficient (Wildman–Crippen LogP) is 8.61. The summed E-state index contributed by atoms with van der Waals surface area (Å²) in [4.78, 5) is 15.8. The number of fused-ring (bicyclic) bond motifs is 1. The summed E-state index contributed by atoms with van der Waals surface area (Å²) >= 11 is 13.0. The van der Waals surface area contributed by atoms with Crippen molar-refractivity contribution in [1.82, 2.24) is 0 Å². The molecule has 0 unspecified atom stereocenters. The van der Waals surface area contributed by atoms with Gasteiger partial charge in [-0.05, 0) is 66.3 Å². The second-order valence-electron chi connectivity index (χ2n) is 8.86. The summed E-state index contributed by atoms with van der Waals surface area (Å²) in [5, 5.41) is 2.71. The fourth-order valence-corrected chi connectivity index (χ4v) is 5.88. The van der Waals surface area contributed by atoms with E-state index in [1.54, 1.807) is 4.90 Å². The Labute approximate surface area is 242 Å². The lowest BCUT2D eigenvalue weighted by atomic mass is 10.0. The average molecular weight is 572 g/mol. The zero-order valence-electron chi connectivity index (χ0n) is 21.4. The topological polar surface area (TPSA) is 38.8 Å². The van der Waals surface area contributed by atoms with Crippen LogP contribution in [-0.2, 0) is 17.8 Å². The number of rotatable bonds is 9. The average Bonchev–Trinajstić information content (AvgIpc) is 3.21. The maximum absolute atomic E-state index is 13.6. The molecule has 0 aliphatic carbocycles. The molecule has 1 aliphatic heterocycles. The van der Waals surface area contributed by atoms with Crippen LogP contribution in [0, 0.1) is 0 Å². The van der Waals surface area contributed by atoms with Crippen LogP contribution in [0.5, 0.6) is 11.5 Å². The van der Waals surface area contributed by atoms with Gasteiger partial charge in [0, 0.05) is 16.0 Å². The van der Waals surface area contributed by atoms with E-state index in [4.69, 9.17) is 33.3 Å². The Balaban J connectivity index is 1.48. The fraction of sp³-hybridized carbons (Fsp3) is 0.125. The Morgan fingerprint density at radius 1 is 1.03 bits per heavy atom. The molecule has 4 aromatic carbocycles. The van der Waals surface area contributed by atoms with Gasteiger partial charge in [-0.1, -0.05) is 90.2 Å². The number of halogens is 1. The van der Waals surface area contributed by atoms with Crippen LogP contribution in [0.2, 0.25) is 5.02 Å². The van der Waals surface area contributed by atoms with Crippen LogP contribution < -0.4 is 14.4 Å². The minimum Gasteiger partial charge on any atom is -0.490 e. The lowest BCUT2D eigenvalue weighted by Crippen LogP contribution is -2.27. The quantitative estimate of drug-likeness (QED) is 0.114. The van der Waals surface area contributed by atoms with E-state index >= 15 is 0 Å². The van der Waals surface area contributed by atoms with Crippen molar-refractivity contribution in [2.45, 2.75) is 20.0 Å². The third-order valence-electron chi connectivity index (χ3n) is 6.21. The Morgan fingerprint density at radius 2 is 1.79 bits per heavy atom. The first-order valence-corrected chi connectivity index (χ1v) is 14.1. The second-order valence-corrected chi connectivity index (χ2v) is 11.0. The summed E-state index contributed by atoms with van der Waals surface area (Å²) in [6, 6.07) is 25.3. The molecule has 196 valence electrons. The fourth-order valence-electron chi connectivity index (χ4n) is 4.47. The Kier molecular flexibility index (Phi) is 8.36. The maximum atomic E-state index is 13.6. The van der Waals surface area contributed by atoms with Crippen molar-refractivity contribution in [2.24, 2.45) is 0 Å². The minimum atomic E-state index is -0.146. The highest BCUT2D eigenvalue weighted by Crippen LogP contribution is 2.40. The van der Waals surface area contributed by atoms with E-state index in [9.17, 15) is 4.79 Å². The highest BCUT2D eigenvalue weighted by molar-refractivity contribution is 8.27. The SMILES string of the molecule is C=CCc1cc(/C=C2/SC(=S)N(c3cccc4ccccc34)C2=O)cc(OCC)c1OCc1ccc(Cl)cc1. The predicted molar refractivity (Wildman–Crippen MR) is 167 cm³/mol. The number of carbonyl (C=O) groups is 1. The van der Waals surface area contributed by atoms with Crippen molar-refractivity contribution in [1.29, 1.82) is 0 Å². The molecule has 1 heterocycles. The molecule has 1 aliphatic rings. The zero-order chi connectivity index (χ0) is 27.4.